The Morgan fingerprint density at radius 3 is 2.76 bits per heavy atom. The smallest absolute Gasteiger partial charge is 0.0763 e. The highest BCUT2D eigenvalue weighted by Gasteiger charge is 2.14. The Bertz CT molecular complexity index is 339. The number of hydrogen-bond donors (Lipinski definition) is 2. The molecule has 1 aromatic carbocycles. The van der Waals surface area contributed by atoms with Crippen LogP contribution in [0.2, 0.25) is 5.02 Å². The molecule has 0 aromatic heterocycles. The zero-order valence-corrected chi connectivity index (χ0v) is 11.0. The summed E-state index contributed by atoms with van der Waals surface area (Å²) in [4.78, 5) is 0. The largest absolute Gasteiger partial charge is 0.397 e. The second kappa shape index (κ2) is 6.15. The van der Waals surface area contributed by atoms with Gasteiger partial charge in [0.25, 0.3) is 0 Å². The number of halogens is 1. The Kier molecular flexibility index (Phi) is 4.55. The first-order valence-electron chi connectivity index (χ1n) is 6.55. The molecular formula is C14H21ClN2. The van der Waals surface area contributed by atoms with E-state index in [0.717, 1.165) is 23.8 Å². The predicted octanol–water partition coefficient (Wildman–Crippen LogP) is 4.30. The standard InChI is InChI=1S/C14H21ClN2/c15-12-8-3-9-13(16)14(12)17-10-4-7-11-5-1-2-6-11/h3,8-9,11,17H,1-2,4-7,10,16H2. The van der Waals surface area contributed by atoms with Crippen LogP contribution in [0.4, 0.5) is 11.4 Å². The van der Waals surface area contributed by atoms with Crippen molar-refractivity contribution in [1.82, 2.24) is 0 Å². The summed E-state index contributed by atoms with van der Waals surface area (Å²) < 4.78 is 0. The van der Waals surface area contributed by atoms with Crippen LogP contribution in [0.5, 0.6) is 0 Å². The fourth-order valence-electron chi connectivity index (χ4n) is 2.63. The minimum atomic E-state index is 0.714. The summed E-state index contributed by atoms with van der Waals surface area (Å²) in [6.45, 7) is 0.963. The minimum absolute atomic E-state index is 0.714. The van der Waals surface area contributed by atoms with Crippen LogP contribution < -0.4 is 11.1 Å². The third-order valence-electron chi connectivity index (χ3n) is 3.61. The summed E-state index contributed by atoms with van der Waals surface area (Å²) >= 11 is 6.09. The monoisotopic (exact) mass is 252 g/mol. The van der Waals surface area contributed by atoms with E-state index >= 15 is 0 Å². The normalized spacial score (nSPS) is 16.3. The number of benzene rings is 1. The molecule has 1 saturated carbocycles. The van der Waals surface area contributed by atoms with Crippen molar-refractivity contribution in [3.8, 4) is 0 Å². The molecule has 0 atom stereocenters. The first kappa shape index (κ1) is 12.6. The van der Waals surface area contributed by atoms with Gasteiger partial charge in [-0.2, -0.15) is 0 Å². The second-order valence-corrected chi connectivity index (χ2v) is 5.33. The summed E-state index contributed by atoms with van der Waals surface area (Å²) in [6, 6.07) is 5.63. The third-order valence-corrected chi connectivity index (χ3v) is 3.93. The van der Waals surface area contributed by atoms with Crippen molar-refractivity contribution in [2.45, 2.75) is 38.5 Å². The third kappa shape index (κ3) is 3.53. The number of para-hydroxylation sites is 1. The molecule has 0 amide bonds. The van der Waals surface area contributed by atoms with E-state index < -0.39 is 0 Å². The SMILES string of the molecule is Nc1cccc(Cl)c1NCCCC1CCCC1. The van der Waals surface area contributed by atoms with E-state index in [2.05, 4.69) is 5.32 Å². The molecule has 0 saturated heterocycles. The van der Waals surface area contributed by atoms with Gasteiger partial charge in [0.15, 0.2) is 0 Å². The van der Waals surface area contributed by atoms with Crippen LogP contribution in [0.3, 0.4) is 0 Å². The van der Waals surface area contributed by atoms with E-state index in [1.165, 1.54) is 38.5 Å². The van der Waals surface area contributed by atoms with Crippen LogP contribution in [0.15, 0.2) is 18.2 Å². The number of anilines is 2. The maximum absolute atomic E-state index is 6.09. The average molecular weight is 253 g/mol. The van der Waals surface area contributed by atoms with Crippen LogP contribution in [0.1, 0.15) is 38.5 Å². The van der Waals surface area contributed by atoms with Crippen molar-refractivity contribution in [1.29, 1.82) is 0 Å². The number of nitrogens with one attached hydrogen (secondary N) is 1. The summed E-state index contributed by atoms with van der Waals surface area (Å²) in [7, 11) is 0. The molecule has 1 aromatic rings. The Hall–Kier alpha value is -0.890. The van der Waals surface area contributed by atoms with Crippen LogP contribution in [0, 0.1) is 5.92 Å². The van der Waals surface area contributed by atoms with Gasteiger partial charge in [-0.3, -0.25) is 0 Å². The molecule has 17 heavy (non-hydrogen) atoms. The predicted molar refractivity (Wildman–Crippen MR) is 75.5 cm³/mol. The topological polar surface area (TPSA) is 38.0 Å². The van der Waals surface area contributed by atoms with Gasteiger partial charge in [-0.25, -0.2) is 0 Å². The summed E-state index contributed by atoms with van der Waals surface area (Å²) in [6.07, 6.45) is 8.24. The maximum Gasteiger partial charge on any atom is 0.0763 e. The molecule has 2 rings (SSSR count). The van der Waals surface area contributed by atoms with E-state index in [1.807, 2.05) is 18.2 Å². The maximum atomic E-state index is 6.09. The number of hydrogen-bond acceptors (Lipinski definition) is 2. The molecule has 3 heteroatoms. The van der Waals surface area contributed by atoms with Crippen molar-refractivity contribution in [3.05, 3.63) is 23.2 Å². The zero-order chi connectivity index (χ0) is 12.1. The van der Waals surface area contributed by atoms with Gasteiger partial charge in [0.05, 0.1) is 16.4 Å². The van der Waals surface area contributed by atoms with Gasteiger partial charge in [-0.15, -0.1) is 0 Å². The lowest BCUT2D eigenvalue weighted by Crippen LogP contribution is -2.06. The Labute approximate surface area is 109 Å². The molecule has 0 bridgehead atoms. The van der Waals surface area contributed by atoms with Crippen molar-refractivity contribution in [3.63, 3.8) is 0 Å². The molecule has 0 radical (unpaired) electrons. The van der Waals surface area contributed by atoms with Crippen molar-refractivity contribution in [2.24, 2.45) is 5.92 Å². The van der Waals surface area contributed by atoms with E-state index in [0.29, 0.717) is 5.02 Å². The molecule has 1 fully saturated rings. The van der Waals surface area contributed by atoms with Crippen LogP contribution in [0.25, 0.3) is 0 Å². The van der Waals surface area contributed by atoms with Crippen LogP contribution in [-0.2, 0) is 0 Å². The van der Waals surface area contributed by atoms with E-state index in [4.69, 9.17) is 17.3 Å². The van der Waals surface area contributed by atoms with Gasteiger partial charge in [0, 0.05) is 6.54 Å². The van der Waals surface area contributed by atoms with Crippen molar-refractivity contribution >= 4 is 23.0 Å². The highest BCUT2D eigenvalue weighted by Crippen LogP contribution is 2.30. The van der Waals surface area contributed by atoms with Crippen molar-refractivity contribution in [2.75, 3.05) is 17.6 Å². The van der Waals surface area contributed by atoms with Crippen LogP contribution >= 0.6 is 11.6 Å². The molecule has 3 N–H and O–H groups in total. The Morgan fingerprint density at radius 1 is 1.29 bits per heavy atom. The second-order valence-electron chi connectivity index (χ2n) is 4.92. The van der Waals surface area contributed by atoms with Gasteiger partial charge < -0.3 is 11.1 Å². The van der Waals surface area contributed by atoms with E-state index in [-0.39, 0.29) is 0 Å². The Morgan fingerprint density at radius 2 is 2.06 bits per heavy atom. The minimum Gasteiger partial charge on any atom is -0.397 e. The number of nitrogens with two attached hydrogens (primary N) is 1. The fraction of sp³-hybridized carbons (Fsp3) is 0.571. The molecule has 0 heterocycles. The quantitative estimate of drug-likeness (QED) is 0.606. The lowest BCUT2D eigenvalue weighted by molar-refractivity contribution is 0.491. The summed E-state index contributed by atoms with van der Waals surface area (Å²) in [5.41, 5.74) is 7.50. The highest BCUT2D eigenvalue weighted by atomic mass is 35.5. The van der Waals surface area contributed by atoms with Gasteiger partial charge in [-0.05, 0) is 30.9 Å². The zero-order valence-electron chi connectivity index (χ0n) is 10.2. The van der Waals surface area contributed by atoms with E-state index in [9.17, 15) is 0 Å². The lowest BCUT2D eigenvalue weighted by Gasteiger charge is -2.12. The molecule has 1 aliphatic carbocycles. The molecule has 2 nitrogen and oxygen atoms in total. The molecule has 0 unspecified atom stereocenters. The number of nitrogen functional groups attached to an aromatic ring is 1. The van der Waals surface area contributed by atoms with Gasteiger partial charge in [-0.1, -0.05) is 43.4 Å². The van der Waals surface area contributed by atoms with Gasteiger partial charge >= 0.3 is 0 Å². The highest BCUT2D eigenvalue weighted by molar-refractivity contribution is 6.33. The Balaban J connectivity index is 1.74. The lowest BCUT2D eigenvalue weighted by atomic mass is 10.0. The summed E-state index contributed by atoms with van der Waals surface area (Å²) in [5.74, 6) is 0.959. The van der Waals surface area contributed by atoms with Crippen LogP contribution in [-0.4, -0.2) is 6.54 Å². The van der Waals surface area contributed by atoms with Gasteiger partial charge in [0.1, 0.15) is 0 Å². The van der Waals surface area contributed by atoms with Crippen molar-refractivity contribution < 1.29 is 0 Å². The molecular weight excluding hydrogens is 232 g/mol. The first-order valence-corrected chi connectivity index (χ1v) is 6.93. The molecule has 0 aliphatic heterocycles. The molecule has 0 spiro atoms. The van der Waals surface area contributed by atoms with Gasteiger partial charge in [0.2, 0.25) is 0 Å². The first-order chi connectivity index (χ1) is 8.27. The summed E-state index contributed by atoms with van der Waals surface area (Å²) in [5, 5.41) is 4.06. The molecule has 1 aliphatic rings. The van der Waals surface area contributed by atoms with E-state index in [1.54, 1.807) is 0 Å². The molecule has 94 valence electrons. The fourth-order valence-corrected chi connectivity index (χ4v) is 2.88. The average Bonchev–Trinajstić information content (AvgIpc) is 2.80. The number of rotatable bonds is 5.